The smallest absolute Gasteiger partial charge is 0.312 e. The zero-order chi connectivity index (χ0) is 22.0. The molecule has 10 heteroatoms. The lowest BCUT2D eigenvalue weighted by atomic mass is 10.1. The van der Waals surface area contributed by atoms with Crippen LogP contribution in [-0.4, -0.2) is 29.8 Å². The maximum Gasteiger partial charge on any atom is 0.312 e. The molecule has 0 saturated carbocycles. The lowest BCUT2D eigenvalue weighted by Crippen LogP contribution is -2.38. The molecule has 9 nitrogen and oxygen atoms in total. The van der Waals surface area contributed by atoms with Crippen LogP contribution in [0.15, 0.2) is 46.2 Å². The quantitative estimate of drug-likeness (QED) is 0.239. The topological polar surface area (TPSA) is 116 Å². The number of imide groups is 1. The van der Waals surface area contributed by atoms with Crippen molar-refractivity contribution in [2.45, 2.75) is 18.7 Å². The van der Waals surface area contributed by atoms with Gasteiger partial charge in [-0.1, -0.05) is 17.8 Å². The van der Waals surface area contributed by atoms with Gasteiger partial charge in [-0.05, 0) is 35.9 Å². The molecule has 0 radical (unpaired) electrons. The molecule has 0 aliphatic carbocycles. The maximum absolute atomic E-state index is 12.9. The number of hydrogen-bond donors (Lipinski definition) is 0. The SMILES string of the molecule is COc1ccc2c(c1)S/C(=C\c1ccc(OC(C)=O)c([N+](=O)[O-])c1)C(=O)N2C(C)=O. The number of nitro benzene ring substituents is 1. The van der Waals surface area contributed by atoms with Crippen LogP contribution in [0, 0.1) is 10.1 Å². The van der Waals surface area contributed by atoms with Crippen molar-refractivity contribution in [2.75, 3.05) is 12.0 Å². The summed E-state index contributed by atoms with van der Waals surface area (Å²) in [6.45, 7) is 2.41. The summed E-state index contributed by atoms with van der Waals surface area (Å²) < 4.78 is 10.1. The fourth-order valence-corrected chi connectivity index (χ4v) is 3.88. The Morgan fingerprint density at radius 1 is 1.17 bits per heavy atom. The number of amides is 2. The number of nitro groups is 1. The van der Waals surface area contributed by atoms with E-state index in [1.807, 2.05) is 0 Å². The minimum atomic E-state index is -0.690. The van der Waals surface area contributed by atoms with Crippen LogP contribution in [-0.2, 0) is 14.4 Å². The number of hydrogen-bond acceptors (Lipinski definition) is 8. The third-order valence-electron chi connectivity index (χ3n) is 4.09. The first-order valence-electron chi connectivity index (χ1n) is 8.60. The Bertz CT molecular complexity index is 1110. The van der Waals surface area contributed by atoms with E-state index in [2.05, 4.69) is 0 Å². The largest absolute Gasteiger partial charge is 0.497 e. The minimum absolute atomic E-state index is 0.195. The first-order chi connectivity index (χ1) is 14.2. The summed E-state index contributed by atoms with van der Waals surface area (Å²) in [5.41, 5.74) is 0.355. The number of methoxy groups -OCH3 is 1. The number of carbonyl (C=O) groups excluding carboxylic acids is 3. The number of fused-ring (bicyclic) bond motifs is 1. The van der Waals surface area contributed by atoms with Gasteiger partial charge in [0.15, 0.2) is 0 Å². The second-order valence-corrected chi connectivity index (χ2v) is 7.27. The average molecular weight is 428 g/mol. The molecule has 0 fully saturated rings. The summed E-state index contributed by atoms with van der Waals surface area (Å²) in [4.78, 5) is 48.7. The van der Waals surface area contributed by atoms with Crippen LogP contribution in [0.2, 0.25) is 0 Å². The van der Waals surface area contributed by atoms with Gasteiger partial charge in [0.25, 0.3) is 5.91 Å². The Morgan fingerprint density at radius 3 is 2.50 bits per heavy atom. The number of esters is 1. The van der Waals surface area contributed by atoms with Gasteiger partial charge in [-0.25, -0.2) is 4.90 Å². The molecule has 2 aromatic carbocycles. The third-order valence-corrected chi connectivity index (χ3v) is 5.15. The predicted molar refractivity (Wildman–Crippen MR) is 109 cm³/mol. The Kier molecular flexibility index (Phi) is 5.88. The van der Waals surface area contributed by atoms with Gasteiger partial charge in [0, 0.05) is 24.8 Å². The fraction of sp³-hybridized carbons (Fsp3) is 0.150. The van der Waals surface area contributed by atoms with E-state index in [0.29, 0.717) is 21.9 Å². The molecule has 0 aromatic heterocycles. The van der Waals surface area contributed by atoms with E-state index in [1.165, 1.54) is 38.3 Å². The molecule has 2 amide bonds. The predicted octanol–water partition coefficient (Wildman–Crippen LogP) is 3.56. The maximum atomic E-state index is 12.9. The Hall–Kier alpha value is -3.66. The molecule has 0 atom stereocenters. The van der Waals surface area contributed by atoms with E-state index in [1.54, 1.807) is 18.2 Å². The van der Waals surface area contributed by atoms with Gasteiger partial charge in [0.05, 0.1) is 22.6 Å². The molecule has 1 aliphatic rings. The summed E-state index contributed by atoms with van der Waals surface area (Å²) in [6, 6.07) is 8.92. The highest BCUT2D eigenvalue weighted by Crippen LogP contribution is 2.44. The number of nitrogens with zero attached hydrogens (tertiary/aromatic N) is 2. The molecular formula is C20H16N2O7S. The molecule has 0 bridgehead atoms. The van der Waals surface area contributed by atoms with E-state index >= 15 is 0 Å². The van der Waals surface area contributed by atoms with E-state index in [0.717, 1.165) is 23.6 Å². The van der Waals surface area contributed by atoms with Crippen LogP contribution in [0.3, 0.4) is 0 Å². The summed E-state index contributed by atoms with van der Waals surface area (Å²) in [7, 11) is 1.50. The van der Waals surface area contributed by atoms with Crippen molar-refractivity contribution in [2.24, 2.45) is 0 Å². The van der Waals surface area contributed by atoms with E-state index in [-0.39, 0.29) is 10.7 Å². The molecule has 0 unspecified atom stereocenters. The molecule has 3 rings (SSSR count). The van der Waals surface area contributed by atoms with Gasteiger partial charge in [-0.15, -0.1) is 0 Å². The summed E-state index contributed by atoms with van der Waals surface area (Å²) >= 11 is 1.12. The van der Waals surface area contributed by atoms with Crippen LogP contribution >= 0.6 is 11.8 Å². The van der Waals surface area contributed by atoms with Gasteiger partial charge in [-0.2, -0.15) is 0 Å². The van der Waals surface area contributed by atoms with Crippen molar-refractivity contribution in [3.8, 4) is 11.5 Å². The molecule has 30 heavy (non-hydrogen) atoms. The van der Waals surface area contributed by atoms with Crippen molar-refractivity contribution >= 4 is 47.0 Å². The Morgan fingerprint density at radius 2 is 1.90 bits per heavy atom. The number of anilines is 1. The zero-order valence-electron chi connectivity index (χ0n) is 16.2. The highest BCUT2D eigenvalue weighted by Gasteiger charge is 2.32. The zero-order valence-corrected chi connectivity index (χ0v) is 17.0. The van der Waals surface area contributed by atoms with Gasteiger partial charge in [-0.3, -0.25) is 24.5 Å². The van der Waals surface area contributed by atoms with Crippen molar-refractivity contribution in [1.82, 2.24) is 0 Å². The number of ether oxygens (including phenoxy) is 2. The normalized spacial score (nSPS) is 14.3. The van der Waals surface area contributed by atoms with Crippen molar-refractivity contribution in [3.05, 3.63) is 57.0 Å². The summed E-state index contributed by atoms with van der Waals surface area (Å²) in [5, 5.41) is 11.3. The monoisotopic (exact) mass is 428 g/mol. The number of rotatable bonds is 4. The summed E-state index contributed by atoms with van der Waals surface area (Å²) in [6.07, 6.45) is 1.44. The van der Waals surface area contributed by atoms with Crippen LogP contribution in [0.4, 0.5) is 11.4 Å². The highest BCUT2D eigenvalue weighted by atomic mass is 32.2. The molecule has 0 spiro atoms. The standard InChI is InChI=1S/C20H16N2O7S/c1-11(23)21-15-6-5-14(28-3)10-18(15)30-19(20(21)25)9-13-4-7-17(29-12(2)24)16(8-13)22(26)27/h4-10H,1-3H3/b19-9-. The van der Waals surface area contributed by atoms with Crippen molar-refractivity contribution < 1.29 is 28.8 Å². The first kappa shape index (κ1) is 21.1. The lowest BCUT2D eigenvalue weighted by molar-refractivity contribution is -0.385. The van der Waals surface area contributed by atoms with Crippen LogP contribution in [0.25, 0.3) is 6.08 Å². The second kappa shape index (κ2) is 8.37. The van der Waals surface area contributed by atoms with Gasteiger partial charge >= 0.3 is 11.7 Å². The molecule has 0 N–H and O–H groups in total. The van der Waals surface area contributed by atoms with Gasteiger partial charge < -0.3 is 9.47 Å². The van der Waals surface area contributed by atoms with E-state index in [9.17, 15) is 24.5 Å². The van der Waals surface area contributed by atoms with Crippen LogP contribution in [0.5, 0.6) is 11.5 Å². The Labute approximate surface area is 175 Å². The Balaban J connectivity index is 2.07. The number of carbonyl (C=O) groups is 3. The molecule has 154 valence electrons. The van der Waals surface area contributed by atoms with Crippen LogP contribution < -0.4 is 14.4 Å². The first-order valence-corrected chi connectivity index (χ1v) is 9.42. The number of thioether (sulfide) groups is 1. The van der Waals surface area contributed by atoms with Crippen molar-refractivity contribution in [1.29, 1.82) is 0 Å². The fourth-order valence-electron chi connectivity index (χ4n) is 2.83. The third kappa shape index (κ3) is 4.18. The van der Waals surface area contributed by atoms with Gasteiger partial charge in [0.2, 0.25) is 11.7 Å². The lowest BCUT2D eigenvalue weighted by Gasteiger charge is -2.28. The molecule has 0 saturated heterocycles. The molecule has 2 aromatic rings. The van der Waals surface area contributed by atoms with Gasteiger partial charge in [0.1, 0.15) is 5.75 Å². The second-order valence-electron chi connectivity index (χ2n) is 6.18. The average Bonchev–Trinajstić information content (AvgIpc) is 2.68. The highest BCUT2D eigenvalue weighted by molar-refractivity contribution is 8.04. The minimum Gasteiger partial charge on any atom is -0.497 e. The molecular weight excluding hydrogens is 412 g/mol. The summed E-state index contributed by atoms with van der Waals surface area (Å²) in [5.74, 6) is -1.34. The number of benzene rings is 2. The van der Waals surface area contributed by atoms with E-state index < -0.39 is 28.4 Å². The van der Waals surface area contributed by atoms with E-state index in [4.69, 9.17) is 9.47 Å². The molecule has 1 heterocycles. The van der Waals surface area contributed by atoms with Crippen molar-refractivity contribution in [3.63, 3.8) is 0 Å². The van der Waals surface area contributed by atoms with Crippen LogP contribution in [0.1, 0.15) is 19.4 Å². The molecule has 1 aliphatic heterocycles.